The van der Waals surface area contributed by atoms with Crippen molar-refractivity contribution in [1.29, 1.82) is 0 Å². The zero-order chi connectivity index (χ0) is 11.6. The van der Waals surface area contributed by atoms with Crippen molar-refractivity contribution < 1.29 is 4.79 Å². The van der Waals surface area contributed by atoms with E-state index < -0.39 is 0 Å². The summed E-state index contributed by atoms with van der Waals surface area (Å²) >= 11 is 1.53. The molecule has 0 saturated heterocycles. The van der Waals surface area contributed by atoms with E-state index in [1.54, 1.807) is 0 Å². The average Bonchev–Trinajstić information content (AvgIpc) is 2.75. The van der Waals surface area contributed by atoms with Crippen molar-refractivity contribution in [2.45, 2.75) is 45.4 Å². The minimum absolute atomic E-state index is 0.886. The summed E-state index contributed by atoms with van der Waals surface area (Å²) in [4.78, 5) is 11.6. The second kappa shape index (κ2) is 8.13. The largest absolute Gasteiger partial charge is 0.297 e. The lowest BCUT2D eigenvalue weighted by molar-refractivity contribution is 0.112. The van der Waals surface area contributed by atoms with Crippen LogP contribution in [0, 0.1) is 11.8 Å². The molecule has 0 radical (unpaired) electrons. The van der Waals surface area contributed by atoms with Gasteiger partial charge in [0.1, 0.15) is 0 Å². The standard InChI is InChI=1S/C14H18OS/c1-2-3-4-5-6-7-8-9-13-10-11-16-14(13)12-15/h10-12H,2-3,6-9H2,1H3. The Morgan fingerprint density at radius 2 is 2.12 bits per heavy atom. The first-order valence-electron chi connectivity index (χ1n) is 5.85. The Kier molecular flexibility index (Phi) is 6.60. The molecule has 1 aromatic heterocycles. The first kappa shape index (κ1) is 13.0. The second-order valence-electron chi connectivity index (χ2n) is 3.74. The SMILES string of the molecule is CCCC#CCCCCc1ccsc1C=O. The lowest BCUT2D eigenvalue weighted by Gasteiger charge is -1.97. The zero-order valence-electron chi connectivity index (χ0n) is 9.79. The Balaban J connectivity index is 2.17. The number of hydrogen-bond acceptors (Lipinski definition) is 2. The molecule has 1 heterocycles. The van der Waals surface area contributed by atoms with Crippen LogP contribution in [-0.4, -0.2) is 6.29 Å². The average molecular weight is 234 g/mol. The van der Waals surface area contributed by atoms with Gasteiger partial charge < -0.3 is 0 Å². The van der Waals surface area contributed by atoms with Crippen LogP contribution in [0.25, 0.3) is 0 Å². The fourth-order valence-corrected chi connectivity index (χ4v) is 2.24. The van der Waals surface area contributed by atoms with Crippen LogP contribution >= 0.6 is 11.3 Å². The van der Waals surface area contributed by atoms with Crippen LogP contribution in [0.3, 0.4) is 0 Å². The van der Waals surface area contributed by atoms with Crippen molar-refractivity contribution >= 4 is 17.6 Å². The number of aldehydes is 1. The first-order chi connectivity index (χ1) is 7.88. The van der Waals surface area contributed by atoms with E-state index in [0.717, 1.165) is 49.7 Å². The molecule has 0 aliphatic carbocycles. The van der Waals surface area contributed by atoms with E-state index in [-0.39, 0.29) is 0 Å². The molecule has 0 atom stereocenters. The Hall–Kier alpha value is -1.07. The minimum atomic E-state index is 0.886. The van der Waals surface area contributed by atoms with Crippen LogP contribution < -0.4 is 0 Å². The van der Waals surface area contributed by atoms with Gasteiger partial charge in [0.05, 0.1) is 4.88 Å². The Morgan fingerprint density at radius 3 is 2.88 bits per heavy atom. The smallest absolute Gasteiger partial charge is 0.160 e. The van der Waals surface area contributed by atoms with E-state index in [9.17, 15) is 4.79 Å². The molecule has 0 unspecified atom stereocenters. The molecule has 0 aliphatic rings. The van der Waals surface area contributed by atoms with Gasteiger partial charge in [-0.15, -0.1) is 23.2 Å². The molecule has 0 fully saturated rings. The minimum Gasteiger partial charge on any atom is -0.297 e. The summed E-state index contributed by atoms with van der Waals surface area (Å²) in [6, 6.07) is 2.05. The summed E-state index contributed by atoms with van der Waals surface area (Å²) in [5.74, 6) is 6.33. The summed E-state index contributed by atoms with van der Waals surface area (Å²) in [5, 5.41) is 1.99. The van der Waals surface area contributed by atoms with Crippen LogP contribution in [0.5, 0.6) is 0 Å². The van der Waals surface area contributed by atoms with Gasteiger partial charge in [-0.05, 0) is 42.7 Å². The molecule has 0 N–H and O–H groups in total. The van der Waals surface area contributed by atoms with Gasteiger partial charge in [-0.2, -0.15) is 0 Å². The van der Waals surface area contributed by atoms with E-state index in [1.807, 2.05) is 5.38 Å². The fourth-order valence-electron chi connectivity index (χ4n) is 1.49. The third-order valence-corrected chi connectivity index (χ3v) is 3.27. The Labute approximate surface area is 102 Å². The van der Waals surface area contributed by atoms with Gasteiger partial charge in [0, 0.05) is 12.8 Å². The molecule has 0 amide bonds. The molecular weight excluding hydrogens is 216 g/mol. The normalized spacial score (nSPS) is 9.56. The monoisotopic (exact) mass is 234 g/mol. The predicted octanol–water partition coefficient (Wildman–Crippen LogP) is 4.08. The number of hydrogen-bond donors (Lipinski definition) is 0. The highest BCUT2D eigenvalue weighted by Gasteiger charge is 2.01. The lowest BCUT2D eigenvalue weighted by atomic mass is 10.1. The van der Waals surface area contributed by atoms with Gasteiger partial charge in [-0.1, -0.05) is 6.92 Å². The van der Waals surface area contributed by atoms with Crippen molar-refractivity contribution in [3.05, 3.63) is 21.9 Å². The number of carbonyl (C=O) groups is 1. The van der Waals surface area contributed by atoms with Crippen LogP contribution in [0.2, 0.25) is 0 Å². The van der Waals surface area contributed by atoms with Gasteiger partial charge in [-0.3, -0.25) is 4.79 Å². The van der Waals surface area contributed by atoms with E-state index >= 15 is 0 Å². The van der Waals surface area contributed by atoms with Gasteiger partial charge in [0.15, 0.2) is 6.29 Å². The van der Waals surface area contributed by atoms with Crippen molar-refractivity contribution in [3.63, 3.8) is 0 Å². The molecular formula is C14H18OS. The quantitative estimate of drug-likeness (QED) is 0.412. The van der Waals surface area contributed by atoms with E-state index in [1.165, 1.54) is 16.9 Å². The number of carbonyl (C=O) groups excluding carboxylic acids is 1. The first-order valence-corrected chi connectivity index (χ1v) is 6.73. The molecule has 0 saturated carbocycles. The van der Waals surface area contributed by atoms with Crippen LogP contribution in [-0.2, 0) is 6.42 Å². The van der Waals surface area contributed by atoms with Crippen molar-refractivity contribution in [1.82, 2.24) is 0 Å². The van der Waals surface area contributed by atoms with Gasteiger partial charge in [0.25, 0.3) is 0 Å². The predicted molar refractivity (Wildman–Crippen MR) is 69.9 cm³/mol. The lowest BCUT2D eigenvalue weighted by Crippen LogP contribution is -1.87. The molecule has 86 valence electrons. The maximum atomic E-state index is 10.7. The maximum Gasteiger partial charge on any atom is 0.160 e. The van der Waals surface area contributed by atoms with Crippen LogP contribution in [0.15, 0.2) is 11.4 Å². The number of rotatable bonds is 6. The fraction of sp³-hybridized carbons (Fsp3) is 0.500. The summed E-state index contributed by atoms with van der Waals surface area (Å²) in [6.07, 6.45) is 7.36. The maximum absolute atomic E-state index is 10.7. The molecule has 16 heavy (non-hydrogen) atoms. The second-order valence-corrected chi connectivity index (χ2v) is 4.69. The molecule has 0 spiro atoms. The Bertz CT molecular complexity index is 368. The molecule has 1 aromatic rings. The summed E-state index contributed by atoms with van der Waals surface area (Å²) in [7, 11) is 0. The zero-order valence-corrected chi connectivity index (χ0v) is 10.6. The van der Waals surface area contributed by atoms with E-state index in [2.05, 4.69) is 24.8 Å². The third-order valence-electron chi connectivity index (χ3n) is 2.39. The molecule has 2 heteroatoms. The molecule has 1 rings (SSSR count). The highest BCUT2D eigenvalue weighted by molar-refractivity contribution is 7.11. The summed E-state index contributed by atoms with van der Waals surface area (Å²) < 4.78 is 0. The van der Waals surface area contributed by atoms with E-state index in [0.29, 0.717) is 0 Å². The number of thiophene rings is 1. The third kappa shape index (κ3) is 4.63. The topological polar surface area (TPSA) is 17.1 Å². The van der Waals surface area contributed by atoms with Crippen LogP contribution in [0.1, 0.15) is 54.3 Å². The summed E-state index contributed by atoms with van der Waals surface area (Å²) in [5.41, 5.74) is 1.20. The number of aryl methyl sites for hydroxylation is 1. The van der Waals surface area contributed by atoms with Gasteiger partial charge in [0.2, 0.25) is 0 Å². The highest BCUT2D eigenvalue weighted by atomic mass is 32.1. The molecule has 0 aromatic carbocycles. The van der Waals surface area contributed by atoms with E-state index in [4.69, 9.17) is 0 Å². The van der Waals surface area contributed by atoms with Gasteiger partial charge >= 0.3 is 0 Å². The molecule has 0 bridgehead atoms. The Morgan fingerprint density at radius 1 is 1.31 bits per heavy atom. The van der Waals surface area contributed by atoms with Crippen LogP contribution in [0.4, 0.5) is 0 Å². The van der Waals surface area contributed by atoms with Crippen molar-refractivity contribution in [3.8, 4) is 11.8 Å². The summed E-state index contributed by atoms with van der Waals surface area (Å²) in [6.45, 7) is 2.15. The highest BCUT2D eigenvalue weighted by Crippen LogP contribution is 2.16. The molecule has 1 nitrogen and oxygen atoms in total. The van der Waals surface area contributed by atoms with Crippen molar-refractivity contribution in [2.75, 3.05) is 0 Å². The van der Waals surface area contributed by atoms with Gasteiger partial charge in [-0.25, -0.2) is 0 Å². The number of unbranched alkanes of at least 4 members (excludes halogenated alkanes) is 3. The molecule has 0 aliphatic heterocycles. The van der Waals surface area contributed by atoms with Crippen molar-refractivity contribution in [2.24, 2.45) is 0 Å².